The highest BCUT2D eigenvalue weighted by Crippen LogP contribution is 2.15. The first-order valence-electron chi connectivity index (χ1n) is 5.57. The highest BCUT2D eigenvalue weighted by molar-refractivity contribution is 5.94. The topological polar surface area (TPSA) is 75.4 Å². The van der Waals surface area contributed by atoms with Crippen LogP contribution in [0.2, 0.25) is 0 Å². The summed E-state index contributed by atoms with van der Waals surface area (Å²) < 4.78 is 0. The average molecular weight is 242 g/mol. The number of carbonyl (C=O) groups is 1. The van der Waals surface area contributed by atoms with Crippen LogP contribution in [0.25, 0.3) is 0 Å². The molecule has 18 heavy (non-hydrogen) atoms. The van der Waals surface area contributed by atoms with Crippen LogP contribution in [0.5, 0.6) is 5.75 Å². The molecule has 0 fully saturated rings. The van der Waals surface area contributed by atoms with E-state index in [1.165, 1.54) is 0 Å². The maximum absolute atomic E-state index is 11.8. The van der Waals surface area contributed by atoms with Crippen molar-refractivity contribution in [2.24, 2.45) is 0 Å². The summed E-state index contributed by atoms with van der Waals surface area (Å²) in [6, 6.07) is 13.6. The Morgan fingerprint density at radius 1 is 1.11 bits per heavy atom. The third-order valence-corrected chi connectivity index (χ3v) is 2.60. The van der Waals surface area contributed by atoms with Gasteiger partial charge in [0.25, 0.3) is 5.91 Å². The summed E-state index contributed by atoms with van der Waals surface area (Å²) in [7, 11) is 0. The Hall–Kier alpha value is -2.49. The fourth-order valence-corrected chi connectivity index (χ4v) is 1.57. The first-order chi connectivity index (χ1) is 8.66. The van der Waals surface area contributed by atoms with E-state index in [4.69, 9.17) is 5.73 Å². The van der Waals surface area contributed by atoms with Crippen LogP contribution < -0.4 is 11.1 Å². The van der Waals surface area contributed by atoms with Gasteiger partial charge in [-0.3, -0.25) is 4.79 Å². The maximum atomic E-state index is 11.8. The zero-order valence-electron chi connectivity index (χ0n) is 9.76. The van der Waals surface area contributed by atoms with Crippen molar-refractivity contribution in [2.45, 2.75) is 6.54 Å². The van der Waals surface area contributed by atoms with E-state index in [1.54, 1.807) is 42.5 Å². The zero-order chi connectivity index (χ0) is 13.0. The quantitative estimate of drug-likeness (QED) is 0.719. The van der Waals surface area contributed by atoms with Crippen molar-refractivity contribution in [2.75, 3.05) is 5.73 Å². The Morgan fingerprint density at radius 2 is 1.78 bits per heavy atom. The van der Waals surface area contributed by atoms with E-state index >= 15 is 0 Å². The molecule has 1 amide bonds. The minimum Gasteiger partial charge on any atom is -0.508 e. The molecule has 2 rings (SSSR count). The number of nitrogens with one attached hydrogen (secondary N) is 1. The second-order valence-electron chi connectivity index (χ2n) is 3.93. The van der Waals surface area contributed by atoms with E-state index in [9.17, 15) is 9.90 Å². The average Bonchev–Trinajstić information content (AvgIpc) is 2.38. The van der Waals surface area contributed by atoms with E-state index in [0.717, 1.165) is 0 Å². The number of phenolic OH excluding ortho intramolecular Hbond substituents is 1. The summed E-state index contributed by atoms with van der Waals surface area (Å²) in [5, 5.41) is 12.3. The Bertz CT molecular complexity index is 550. The van der Waals surface area contributed by atoms with Gasteiger partial charge in [0.1, 0.15) is 5.75 Å². The molecule has 0 aliphatic rings. The van der Waals surface area contributed by atoms with Crippen molar-refractivity contribution in [1.82, 2.24) is 5.32 Å². The van der Waals surface area contributed by atoms with Crippen molar-refractivity contribution in [3.63, 3.8) is 0 Å². The number of hydrogen-bond donors (Lipinski definition) is 3. The predicted octanol–water partition coefficient (Wildman–Crippen LogP) is 1.90. The summed E-state index contributed by atoms with van der Waals surface area (Å²) in [5.41, 5.74) is 7.39. The van der Waals surface area contributed by atoms with Crippen molar-refractivity contribution in [1.29, 1.82) is 0 Å². The molecule has 4 N–H and O–H groups in total. The van der Waals surface area contributed by atoms with Gasteiger partial charge in [0.05, 0.1) is 0 Å². The van der Waals surface area contributed by atoms with Crippen LogP contribution in [0.15, 0.2) is 48.5 Å². The van der Waals surface area contributed by atoms with E-state index in [0.29, 0.717) is 16.8 Å². The molecular formula is C14H14N2O2. The minimum absolute atomic E-state index is 0.176. The molecule has 0 aliphatic carbocycles. The zero-order valence-corrected chi connectivity index (χ0v) is 9.76. The molecule has 0 aromatic heterocycles. The minimum atomic E-state index is -0.196. The van der Waals surface area contributed by atoms with Gasteiger partial charge >= 0.3 is 0 Å². The second kappa shape index (κ2) is 5.23. The van der Waals surface area contributed by atoms with Gasteiger partial charge in [-0.05, 0) is 30.3 Å². The van der Waals surface area contributed by atoms with Crippen LogP contribution in [0.4, 0.5) is 5.69 Å². The summed E-state index contributed by atoms with van der Waals surface area (Å²) in [6.45, 7) is 0.288. The lowest BCUT2D eigenvalue weighted by Gasteiger charge is -2.07. The first-order valence-corrected chi connectivity index (χ1v) is 5.57. The van der Waals surface area contributed by atoms with E-state index in [-0.39, 0.29) is 18.2 Å². The van der Waals surface area contributed by atoms with Crippen LogP contribution in [-0.4, -0.2) is 11.0 Å². The molecule has 0 saturated heterocycles. The number of carbonyl (C=O) groups excluding carboxylic acids is 1. The van der Waals surface area contributed by atoms with Gasteiger partial charge in [-0.25, -0.2) is 0 Å². The fraction of sp³-hybridized carbons (Fsp3) is 0.0714. The Labute approximate surface area is 105 Å². The van der Waals surface area contributed by atoms with Crippen LogP contribution in [0.1, 0.15) is 15.9 Å². The molecule has 2 aromatic rings. The van der Waals surface area contributed by atoms with Gasteiger partial charge in [-0.1, -0.05) is 18.2 Å². The number of hydrogen-bond acceptors (Lipinski definition) is 3. The van der Waals surface area contributed by atoms with E-state index < -0.39 is 0 Å². The molecule has 0 atom stereocenters. The lowest BCUT2D eigenvalue weighted by atomic mass is 10.1. The SMILES string of the molecule is Nc1ccc(C(=O)NCc2ccccc2O)cc1. The highest BCUT2D eigenvalue weighted by Gasteiger charge is 2.06. The van der Waals surface area contributed by atoms with Crippen LogP contribution in [0, 0.1) is 0 Å². The molecule has 4 heteroatoms. The van der Waals surface area contributed by atoms with Crippen LogP contribution >= 0.6 is 0 Å². The standard InChI is InChI=1S/C14H14N2O2/c15-12-7-5-10(6-8-12)14(18)16-9-11-3-1-2-4-13(11)17/h1-8,17H,9,15H2,(H,16,18). The smallest absolute Gasteiger partial charge is 0.251 e. The van der Waals surface area contributed by atoms with Gasteiger partial charge in [0.2, 0.25) is 0 Å². The lowest BCUT2D eigenvalue weighted by Crippen LogP contribution is -2.22. The van der Waals surface area contributed by atoms with Crippen molar-refractivity contribution < 1.29 is 9.90 Å². The van der Waals surface area contributed by atoms with E-state index in [1.807, 2.05) is 6.07 Å². The summed E-state index contributed by atoms with van der Waals surface area (Å²) >= 11 is 0. The molecule has 0 aliphatic heterocycles. The lowest BCUT2D eigenvalue weighted by molar-refractivity contribution is 0.0951. The maximum Gasteiger partial charge on any atom is 0.251 e. The molecule has 0 unspecified atom stereocenters. The number of phenols is 1. The molecule has 2 aromatic carbocycles. The summed E-state index contributed by atoms with van der Waals surface area (Å²) in [4.78, 5) is 11.8. The number of nitrogens with two attached hydrogens (primary N) is 1. The molecule has 0 heterocycles. The van der Waals surface area contributed by atoms with Crippen LogP contribution in [-0.2, 0) is 6.54 Å². The molecule has 4 nitrogen and oxygen atoms in total. The highest BCUT2D eigenvalue weighted by atomic mass is 16.3. The molecule has 0 bridgehead atoms. The van der Waals surface area contributed by atoms with Crippen LogP contribution in [0.3, 0.4) is 0 Å². The first kappa shape index (κ1) is 12.0. The Morgan fingerprint density at radius 3 is 2.44 bits per heavy atom. The molecular weight excluding hydrogens is 228 g/mol. The van der Waals surface area contributed by atoms with E-state index in [2.05, 4.69) is 5.32 Å². The van der Waals surface area contributed by atoms with Gasteiger partial charge in [0.15, 0.2) is 0 Å². The second-order valence-corrected chi connectivity index (χ2v) is 3.93. The number of para-hydroxylation sites is 1. The van der Waals surface area contributed by atoms with Crippen molar-refractivity contribution in [3.05, 3.63) is 59.7 Å². The molecule has 0 saturated carbocycles. The van der Waals surface area contributed by atoms with Gasteiger partial charge in [-0.2, -0.15) is 0 Å². The predicted molar refractivity (Wildman–Crippen MR) is 70.1 cm³/mol. The third kappa shape index (κ3) is 2.79. The summed E-state index contributed by atoms with van der Waals surface area (Å²) in [5.74, 6) is -0.0200. The number of rotatable bonds is 3. The Balaban J connectivity index is 2.01. The molecule has 0 spiro atoms. The molecule has 92 valence electrons. The third-order valence-electron chi connectivity index (χ3n) is 2.60. The largest absolute Gasteiger partial charge is 0.508 e. The Kier molecular flexibility index (Phi) is 3.48. The monoisotopic (exact) mass is 242 g/mol. The van der Waals surface area contributed by atoms with Gasteiger partial charge in [0, 0.05) is 23.4 Å². The number of amides is 1. The normalized spacial score (nSPS) is 10.0. The number of nitrogen functional groups attached to an aromatic ring is 1. The number of anilines is 1. The molecule has 0 radical (unpaired) electrons. The van der Waals surface area contributed by atoms with Crippen molar-refractivity contribution >= 4 is 11.6 Å². The van der Waals surface area contributed by atoms with Gasteiger partial charge < -0.3 is 16.2 Å². The fourth-order valence-electron chi connectivity index (χ4n) is 1.57. The van der Waals surface area contributed by atoms with Crippen molar-refractivity contribution in [3.8, 4) is 5.75 Å². The number of aromatic hydroxyl groups is 1. The van der Waals surface area contributed by atoms with Gasteiger partial charge in [-0.15, -0.1) is 0 Å². The summed E-state index contributed by atoms with van der Waals surface area (Å²) in [6.07, 6.45) is 0. The number of benzene rings is 2.